The SMILES string of the molecule is COc1ccc(CN(Cc2ccco2)C(=O)c2ccccc2OC)cc1OS(=O)(=O)c1ccc(F)cc1. The topological polar surface area (TPSA) is 95.3 Å². The van der Waals surface area contributed by atoms with Crippen LogP contribution in [0.4, 0.5) is 4.39 Å². The van der Waals surface area contributed by atoms with Crippen molar-refractivity contribution in [1.82, 2.24) is 4.90 Å². The molecule has 0 aliphatic carbocycles. The van der Waals surface area contributed by atoms with Crippen molar-refractivity contribution in [2.24, 2.45) is 0 Å². The summed E-state index contributed by atoms with van der Waals surface area (Å²) in [6.07, 6.45) is 1.51. The fourth-order valence-corrected chi connectivity index (χ4v) is 4.59. The first-order valence-corrected chi connectivity index (χ1v) is 12.5. The van der Waals surface area contributed by atoms with E-state index in [9.17, 15) is 17.6 Å². The zero-order valence-electron chi connectivity index (χ0n) is 20.1. The van der Waals surface area contributed by atoms with Gasteiger partial charge in [-0.1, -0.05) is 18.2 Å². The van der Waals surface area contributed by atoms with Crippen LogP contribution in [-0.2, 0) is 23.2 Å². The molecule has 0 spiro atoms. The van der Waals surface area contributed by atoms with Crippen LogP contribution in [0.5, 0.6) is 17.2 Å². The largest absolute Gasteiger partial charge is 0.496 e. The van der Waals surface area contributed by atoms with E-state index in [1.54, 1.807) is 48.5 Å². The predicted molar refractivity (Wildman–Crippen MR) is 132 cm³/mol. The quantitative estimate of drug-likeness (QED) is 0.268. The van der Waals surface area contributed by atoms with Gasteiger partial charge in [0, 0.05) is 6.54 Å². The van der Waals surface area contributed by atoms with E-state index >= 15 is 0 Å². The normalized spacial score (nSPS) is 11.1. The van der Waals surface area contributed by atoms with Gasteiger partial charge in [-0.15, -0.1) is 0 Å². The molecule has 37 heavy (non-hydrogen) atoms. The van der Waals surface area contributed by atoms with E-state index in [4.69, 9.17) is 18.1 Å². The number of methoxy groups -OCH3 is 2. The molecule has 0 saturated heterocycles. The maximum atomic E-state index is 13.5. The van der Waals surface area contributed by atoms with Crippen LogP contribution in [-0.4, -0.2) is 33.4 Å². The highest BCUT2D eigenvalue weighted by Gasteiger charge is 2.23. The second-order valence-corrected chi connectivity index (χ2v) is 9.46. The van der Waals surface area contributed by atoms with E-state index in [0.29, 0.717) is 22.6 Å². The van der Waals surface area contributed by atoms with Gasteiger partial charge in [0.05, 0.1) is 32.6 Å². The number of carbonyl (C=O) groups is 1. The number of rotatable bonds is 10. The summed E-state index contributed by atoms with van der Waals surface area (Å²) >= 11 is 0. The van der Waals surface area contributed by atoms with E-state index in [1.807, 2.05) is 0 Å². The molecule has 0 N–H and O–H groups in total. The minimum Gasteiger partial charge on any atom is -0.496 e. The van der Waals surface area contributed by atoms with Crippen molar-refractivity contribution < 1.29 is 35.7 Å². The summed E-state index contributed by atoms with van der Waals surface area (Å²) in [5.41, 5.74) is 0.931. The average Bonchev–Trinajstić information content (AvgIpc) is 3.41. The van der Waals surface area contributed by atoms with E-state index in [1.165, 1.54) is 31.4 Å². The summed E-state index contributed by atoms with van der Waals surface area (Å²) in [4.78, 5) is 14.8. The maximum Gasteiger partial charge on any atom is 0.339 e. The molecule has 1 heterocycles. The lowest BCUT2D eigenvalue weighted by Gasteiger charge is -2.23. The van der Waals surface area contributed by atoms with Gasteiger partial charge in [0.1, 0.15) is 22.2 Å². The molecule has 0 bridgehead atoms. The molecule has 0 unspecified atom stereocenters. The van der Waals surface area contributed by atoms with Gasteiger partial charge in [-0.2, -0.15) is 8.42 Å². The molecule has 0 atom stereocenters. The number of halogens is 1. The third kappa shape index (κ3) is 6.10. The van der Waals surface area contributed by atoms with Crippen LogP contribution in [0.15, 0.2) is 94.4 Å². The minimum atomic E-state index is -4.28. The first kappa shape index (κ1) is 25.8. The van der Waals surface area contributed by atoms with Crippen molar-refractivity contribution in [2.45, 2.75) is 18.0 Å². The summed E-state index contributed by atoms with van der Waals surface area (Å²) in [6, 6.07) is 19.3. The van der Waals surface area contributed by atoms with Crippen molar-refractivity contribution in [3.63, 3.8) is 0 Å². The fraction of sp³-hybridized carbons (Fsp3) is 0.148. The van der Waals surface area contributed by atoms with E-state index in [0.717, 1.165) is 24.3 Å². The highest BCUT2D eigenvalue weighted by Crippen LogP contribution is 2.32. The molecular weight excluding hydrogens is 501 g/mol. The molecule has 3 aromatic carbocycles. The number of benzene rings is 3. The number of hydrogen-bond acceptors (Lipinski definition) is 7. The zero-order chi connectivity index (χ0) is 26.4. The monoisotopic (exact) mass is 525 g/mol. The molecule has 192 valence electrons. The number of carbonyl (C=O) groups excluding carboxylic acids is 1. The lowest BCUT2D eigenvalue weighted by Crippen LogP contribution is -2.30. The Kier molecular flexibility index (Phi) is 7.78. The second kappa shape index (κ2) is 11.2. The number of ether oxygens (including phenoxy) is 2. The Hall–Kier alpha value is -4.31. The van der Waals surface area contributed by atoms with Gasteiger partial charge in [-0.05, 0) is 66.2 Å². The molecule has 0 aliphatic heterocycles. The minimum absolute atomic E-state index is 0.0768. The first-order chi connectivity index (χ1) is 17.8. The van der Waals surface area contributed by atoms with Gasteiger partial charge in [0.15, 0.2) is 11.5 Å². The van der Waals surface area contributed by atoms with E-state index in [-0.39, 0.29) is 35.4 Å². The summed E-state index contributed by atoms with van der Waals surface area (Å²) in [6.45, 7) is 0.245. The van der Waals surface area contributed by atoms with Gasteiger partial charge in [-0.25, -0.2) is 4.39 Å². The van der Waals surface area contributed by atoms with Crippen molar-refractivity contribution >= 4 is 16.0 Å². The molecule has 1 aromatic heterocycles. The average molecular weight is 526 g/mol. The van der Waals surface area contributed by atoms with Crippen molar-refractivity contribution in [3.05, 3.63) is 108 Å². The Balaban J connectivity index is 1.66. The molecule has 0 radical (unpaired) electrons. The zero-order valence-corrected chi connectivity index (χ0v) is 20.9. The molecule has 8 nitrogen and oxygen atoms in total. The standard InChI is InChI=1S/C27H24FNO7S/c1-33-24-8-4-3-7-23(24)27(30)29(18-21-6-5-15-35-21)17-19-9-14-25(34-2)26(16-19)36-37(31,32)22-12-10-20(28)11-13-22/h3-16H,17-18H2,1-2H3. The summed E-state index contributed by atoms with van der Waals surface area (Å²) in [5, 5.41) is 0. The van der Waals surface area contributed by atoms with Gasteiger partial charge in [0.2, 0.25) is 0 Å². The molecule has 0 saturated carbocycles. The molecular formula is C27H24FNO7S. The maximum absolute atomic E-state index is 13.5. The van der Waals surface area contributed by atoms with Crippen LogP contribution in [0.25, 0.3) is 0 Å². The molecule has 0 fully saturated rings. The molecule has 4 aromatic rings. The molecule has 10 heteroatoms. The Labute approximate surface area is 213 Å². The smallest absolute Gasteiger partial charge is 0.339 e. The molecule has 1 amide bonds. The second-order valence-electron chi connectivity index (χ2n) is 7.92. The van der Waals surface area contributed by atoms with Gasteiger partial charge in [-0.3, -0.25) is 4.79 Å². The van der Waals surface area contributed by atoms with Crippen LogP contribution in [0, 0.1) is 5.82 Å². The third-order valence-electron chi connectivity index (χ3n) is 5.45. The van der Waals surface area contributed by atoms with Crippen LogP contribution in [0.3, 0.4) is 0 Å². The van der Waals surface area contributed by atoms with Crippen LogP contribution >= 0.6 is 0 Å². The lowest BCUT2D eigenvalue weighted by molar-refractivity contribution is 0.0714. The first-order valence-electron chi connectivity index (χ1n) is 11.1. The molecule has 4 rings (SSSR count). The summed E-state index contributed by atoms with van der Waals surface area (Å²) in [7, 11) is -1.42. The highest BCUT2D eigenvalue weighted by atomic mass is 32.2. The van der Waals surface area contributed by atoms with Gasteiger partial charge in [0.25, 0.3) is 5.91 Å². The Morgan fingerprint density at radius 1 is 0.865 bits per heavy atom. The number of nitrogens with zero attached hydrogens (tertiary/aromatic N) is 1. The third-order valence-corrected chi connectivity index (χ3v) is 6.70. The van der Waals surface area contributed by atoms with Crippen LogP contribution < -0.4 is 13.7 Å². The van der Waals surface area contributed by atoms with E-state index < -0.39 is 15.9 Å². The Morgan fingerprint density at radius 2 is 1.59 bits per heavy atom. The van der Waals surface area contributed by atoms with Gasteiger partial charge >= 0.3 is 10.1 Å². The predicted octanol–water partition coefficient (Wildman–Crippen LogP) is 5.05. The highest BCUT2D eigenvalue weighted by molar-refractivity contribution is 7.87. The Bertz CT molecular complexity index is 1470. The summed E-state index contributed by atoms with van der Waals surface area (Å²) in [5.74, 6) is 0.185. The number of para-hydroxylation sites is 1. The van der Waals surface area contributed by atoms with E-state index in [2.05, 4.69) is 0 Å². The number of furan rings is 1. The van der Waals surface area contributed by atoms with Crippen LogP contribution in [0.1, 0.15) is 21.7 Å². The fourth-order valence-electron chi connectivity index (χ4n) is 3.65. The lowest BCUT2D eigenvalue weighted by atomic mass is 10.1. The number of hydrogen-bond donors (Lipinski definition) is 0. The summed E-state index contributed by atoms with van der Waals surface area (Å²) < 4.78 is 60.3. The molecule has 0 aliphatic rings. The van der Waals surface area contributed by atoms with Crippen molar-refractivity contribution in [1.29, 1.82) is 0 Å². The Morgan fingerprint density at radius 3 is 2.27 bits per heavy atom. The van der Waals surface area contributed by atoms with Crippen molar-refractivity contribution in [3.8, 4) is 17.2 Å². The van der Waals surface area contributed by atoms with Gasteiger partial charge < -0.3 is 23.0 Å². The van der Waals surface area contributed by atoms with Crippen molar-refractivity contribution in [2.75, 3.05) is 14.2 Å². The number of amides is 1. The van der Waals surface area contributed by atoms with Crippen LogP contribution in [0.2, 0.25) is 0 Å².